The number of aromatic nitrogens is 2. The molecule has 4 aromatic rings. The van der Waals surface area contributed by atoms with E-state index in [1.165, 1.54) is 11.1 Å². The van der Waals surface area contributed by atoms with Gasteiger partial charge in [0, 0.05) is 44.4 Å². The van der Waals surface area contributed by atoms with E-state index < -0.39 is 11.9 Å². The number of rotatable bonds is 8. The van der Waals surface area contributed by atoms with Gasteiger partial charge in [-0.2, -0.15) is 18.2 Å². The monoisotopic (exact) mass is 518 g/mol. The second kappa shape index (κ2) is 11.8. The second-order valence-corrected chi connectivity index (χ2v) is 9.23. The van der Waals surface area contributed by atoms with Gasteiger partial charge in [0.15, 0.2) is 11.5 Å². The molecule has 0 spiro atoms. The number of hydrogen-bond acceptors (Lipinski definition) is 5. The maximum Gasteiger partial charge on any atom is 0.433 e. The molecule has 196 valence electrons. The van der Waals surface area contributed by atoms with Crippen molar-refractivity contribution < 1.29 is 17.9 Å². The predicted molar refractivity (Wildman–Crippen MR) is 141 cm³/mol. The van der Waals surface area contributed by atoms with Gasteiger partial charge in [0.25, 0.3) is 0 Å². The lowest BCUT2D eigenvalue weighted by Gasteiger charge is -2.39. The number of halogens is 3. The van der Waals surface area contributed by atoms with Crippen LogP contribution in [0.25, 0.3) is 11.4 Å². The third kappa shape index (κ3) is 6.38. The number of hydrogen-bond donors (Lipinski definition) is 0. The van der Waals surface area contributed by atoms with Crippen molar-refractivity contribution in [1.82, 2.24) is 19.8 Å². The molecule has 38 heavy (non-hydrogen) atoms. The smallest absolute Gasteiger partial charge is 0.433 e. The van der Waals surface area contributed by atoms with Gasteiger partial charge >= 0.3 is 6.18 Å². The van der Waals surface area contributed by atoms with E-state index in [1.807, 2.05) is 12.1 Å². The molecule has 0 radical (unpaired) electrons. The molecule has 0 saturated carbocycles. The summed E-state index contributed by atoms with van der Waals surface area (Å²) in [5.74, 6) is -0.0741. The van der Waals surface area contributed by atoms with Gasteiger partial charge in [-0.25, -0.2) is 4.98 Å². The first kappa shape index (κ1) is 25.9. The minimum atomic E-state index is -4.59. The fraction of sp³-hybridized carbons (Fsp3) is 0.267. The Balaban J connectivity index is 1.21. The van der Waals surface area contributed by atoms with E-state index in [9.17, 15) is 13.2 Å². The zero-order valence-electron chi connectivity index (χ0n) is 20.9. The van der Waals surface area contributed by atoms with Crippen molar-refractivity contribution in [2.45, 2.75) is 12.2 Å². The highest BCUT2D eigenvalue weighted by Gasteiger charge is 2.34. The van der Waals surface area contributed by atoms with Crippen LogP contribution in [0.5, 0.6) is 5.88 Å². The molecular weight excluding hydrogens is 489 g/mol. The molecule has 5 rings (SSSR count). The van der Waals surface area contributed by atoms with Crippen molar-refractivity contribution in [3.05, 3.63) is 114 Å². The van der Waals surface area contributed by atoms with Gasteiger partial charge in [0.05, 0.1) is 6.04 Å². The fourth-order valence-electron chi connectivity index (χ4n) is 4.77. The van der Waals surface area contributed by atoms with E-state index in [-0.39, 0.29) is 24.4 Å². The number of piperazine rings is 1. The minimum Gasteiger partial charge on any atom is -0.476 e. The average molecular weight is 519 g/mol. The quantitative estimate of drug-likeness (QED) is 0.288. The maximum atomic E-state index is 13.5. The first-order valence-corrected chi connectivity index (χ1v) is 12.7. The highest BCUT2D eigenvalue weighted by molar-refractivity contribution is 5.55. The van der Waals surface area contributed by atoms with E-state index in [0.717, 1.165) is 32.2 Å². The summed E-state index contributed by atoms with van der Waals surface area (Å²) in [5, 5.41) is 0. The van der Waals surface area contributed by atoms with Crippen LogP contribution in [0.15, 0.2) is 97.1 Å². The molecule has 1 saturated heterocycles. The number of ether oxygens (including phenoxy) is 1. The van der Waals surface area contributed by atoms with Gasteiger partial charge in [-0.1, -0.05) is 91.0 Å². The van der Waals surface area contributed by atoms with Crippen LogP contribution in [-0.4, -0.2) is 59.1 Å². The highest BCUT2D eigenvalue weighted by atomic mass is 19.4. The zero-order chi connectivity index (χ0) is 26.4. The van der Waals surface area contributed by atoms with Gasteiger partial charge in [-0.3, -0.25) is 9.80 Å². The second-order valence-electron chi connectivity index (χ2n) is 9.23. The molecule has 3 aromatic carbocycles. The first-order valence-electron chi connectivity index (χ1n) is 12.7. The zero-order valence-corrected chi connectivity index (χ0v) is 20.9. The lowest BCUT2D eigenvalue weighted by atomic mass is 9.96. The van der Waals surface area contributed by atoms with Crippen LogP contribution in [0.1, 0.15) is 22.9 Å². The average Bonchev–Trinajstić information content (AvgIpc) is 2.95. The fourth-order valence-corrected chi connectivity index (χ4v) is 4.77. The third-order valence-electron chi connectivity index (χ3n) is 6.69. The first-order chi connectivity index (χ1) is 18.5. The van der Waals surface area contributed by atoms with Gasteiger partial charge in [0.2, 0.25) is 5.88 Å². The van der Waals surface area contributed by atoms with Crippen LogP contribution in [-0.2, 0) is 6.18 Å². The summed E-state index contributed by atoms with van der Waals surface area (Å²) in [5.41, 5.74) is 2.01. The number of benzene rings is 3. The molecule has 0 bridgehead atoms. The Bertz CT molecular complexity index is 1260. The van der Waals surface area contributed by atoms with Gasteiger partial charge < -0.3 is 4.74 Å². The Labute approximate surface area is 220 Å². The largest absolute Gasteiger partial charge is 0.476 e. The van der Waals surface area contributed by atoms with Crippen LogP contribution in [0, 0.1) is 0 Å². The molecule has 1 aliphatic heterocycles. The normalized spacial score (nSPS) is 15.1. The minimum absolute atomic E-state index is 0.00287. The molecular formula is C30H29F3N4O. The topological polar surface area (TPSA) is 41.5 Å². The van der Waals surface area contributed by atoms with E-state index in [0.29, 0.717) is 12.1 Å². The summed E-state index contributed by atoms with van der Waals surface area (Å²) in [6, 6.07) is 30.7. The Morgan fingerprint density at radius 2 is 1.29 bits per heavy atom. The van der Waals surface area contributed by atoms with E-state index in [1.54, 1.807) is 30.3 Å². The molecule has 1 fully saturated rings. The molecule has 0 amide bonds. The number of nitrogens with zero attached hydrogens (tertiary/aromatic N) is 4. The van der Waals surface area contributed by atoms with E-state index in [2.05, 4.69) is 68.3 Å². The van der Waals surface area contributed by atoms with Crippen molar-refractivity contribution in [2.75, 3.05) is 39.3 Å². The summed E-state index contributed by atoms with van der Waals surface area (Å²) in [4.78, 5) is 12.7. The van der Waals surface area contributed by atoms with Crippen LogP contribution in [0.4, 0.5) is 13.2 Å². The van der Waals surface area contributed by atoms with Crippen molar-refractivity contribution in [3.8, 4) is 17.3 Å². The Hall–Kier alpha value is -3.75. The summed E-state index contributed by atoms with van der Waals surface area (Å²) in [6.45, 7) is 4.26. The van der Waals surface area contributed by atoms with Crippen molar-refractivity contribution >= 4 is 0 Å². The molecule has 1 aliphatic rings. The third-order valence-corrected chi connectivity index (χ3v) is 6.69. The number of alkyl halides is 3. The summed E-state index contributed by atoms with van der Waals surface area (Å²) < 4.78 is 46.1. The van der Waals surface area contributed by atoms with Crippen molar-refractivity contribution in [2.24, 2.45) is 0 Å². The van der Waals surface area contributed by atoms with Crippen LogP contribution >= 0.6 is 0 Å². The van der Waals surface area contributed by atoms with Crippen molar-refractivity contribution in [1.29, 1.82) is 0 Å². The Morgan fingerprint density at radius 1 is 0.737 bits per heavy atom. The molecule has 0 N–H and O–H groups in total. The molecule has 8 heteroatoms. The lowest BCUT2D eigenvalue weighted by molar-refractivity contribution is -0.141. The highest BCUT2D eigenvalue weighted by Crippen LogP contribution is 2.32. The van der Waals surface area contributed by atoms with Crippen LogP contribution in [0.3, 0.4) is 0 Å². The Kier molecular flexibility index (Phi) is 8.00. The van der Waals surface area contributed by atoms with E-state index >= 15 is 0 Å². The van der Waals surface area contributed by atoms with E-state index in [4.69, 9.17) is 4.74 Å². The van der Waals surface area contributed by atoms with Gasteiger partial charge in [0.1, 0.15) is 6.61 Å². The summed E-state index contributed by atoms with van der Waals surface area (Å²) in [6.07, 6.45) is -4.59. The maximum absolute atomic E-state index is 13.5. The van der Waals surface area contributed by atoms with Crippen LogP contribution in [0.2, 0.25) is 0 Å². The molecule has 0 aliphatic carbocycles. The van der Waals surface area contributed by atoms with Gasteiger partial charge in [-0.15, -0.1) is 0 Å². The molecule has 2 heterocycles. The molecule has 1 aromatic heterocycles. The molecule has 0 unspecified atom stereocenters. The molecule has 0 atom stereocenters. The Morgan fingerprint density at radius 3 is 1.84 bits per heavy atom. The van der Waals surface area contributed by atoms with Crippen molar-refractivity contribution in [3.63, 3.8) is 0 Å². The van der Waals surface area contributed by atoms with Crippen LogP contribution < -0.4 is 4.74 Å². The lowest BCUT2D eigenvalue weighted by Crippen LogP contribution is -2.48. The summed E-state index contributed by atoms with van der Waals surface area (Å²) >= 11 is 0. The predicted octanol–water partition coefficient (Wildman–Crippen LogP) is 5.95. The SMILES string of the molecule is FC(F)(F)c1cc(OCCN2CCN(C(c3ccccc3)c3ccccc3)CC2)nc(-c2ccccc2)n1. The standard InChI is InChI=1S/C30H29F3N4O/c31-30(32,33)26-22-27(35-29(34-26)25-14-8-3-9-15-25)38-21-20-36-16-18-37(19-17-36)28(23-10-4-1-5-11-23)24-12-6-2-7-13-24/h1-15,22,28H,16-21H2. The van der Waals surface area contributed by atoms with Gasteiger partial charge in [-0.05, 0) is 11.1 Å². The molecule has 5 nitrogen and oxygen atoms in total. The summed E-state index contributed by atoms with van der Waals surface area (Å²) in [7, 11) is 0.